The number of rotatable bonds is 3. The Bertz CT molecular complexity index is 543. The SMILES string of the molecule is C[C@@H](N)c1ccc(Oc2ccc(Br)cc2F)cn1. The fourth-order valence-corrected chi connectivity index (χ4v) is 1.74. The van der Waals surface area contributed by atoms with Crippen LogP contribution in [0.4, 0.5) is 4.39 Å². The van der Waals surface area contributed by atoms with Gasteiger partial charge in [0.25, 0.3) is 0 Å². The molecule has 1 heterocycles. The van der Waals surface area contributed by atoms with E-state index in [-0.39, 0.29) is 11.8 Å². The number of pyridine rings is 1. The predicted molar refractivity (Wildman–Crippen MR) is 71.0 cm³/mol. The second kappa shape index (κ2) is 5.46. The maximum atomic E-state index is 13.5. The van der Waals surface area contributed by atoms with E-state index < -0.39 is 5.82 Å². The standard InChI is InChI=1S/C13H12BrFN2O/c1-8(16)12-4-3-10(7-17-12)18-13-5-2-9(14)6-11(13)15/h2-8H,16H2,1H3/t8-/m1/s1. The van der Waals surface area contributed by atoms with Gasteiger partial charge in [-0.25, -0.2) is 4.39 Å². The van der Waals surface area contributed by atoms with Crippen molar-refractivity contribution >= 4 is 15.9 Å². The third kappa shape index (κ3) is 3.05. The van der Waals surface area contributed by atoms with Crippen LogP contribution in [0.1, 0.15) is 18.7 Å². The van der Waals surface area contributed by atoms with Crippen LogP contribution in [-0.2, 0) is 0 Å². The Kier molecular flexibility index (Phi) is 3.93. The highest BCUT2D eigenvalue weighted by Crippen LogP contribution is 2.26. The molecule has 94 valence electrons. The average Bonchev–Trinajstić information content (AvgIpc) is 2.33. The van der Waals surface area contributed by atoms with Crippen molar-refractivity contribution in [3.63, 3.8) is 0 Å². The van der Waals surface area contributed by atoms with Crippen molar-refractivity contribution in [1.29, 1.82) is 0 Å². The van der Waals surface area contributed by atoms with Crippen LogP contribution in [0.2, 0.25) is 0 Å². The van der Waals surface area contributed by atoms with E-state index >= 15 is 0 Å². The summed E-state index contributed by atoms with van der Waals surface area (Å²) in [4.78, 5) is 4.14. The van der Waals surface area contributed by atoms with Gasteiger partial charge in [-0.3, -0.25) is 4.98 Å². The molecule has 2 rings (SSSR count). The van der Waals surface area contributed by atoms with Gasteiger partial charge in [0.1, 0.15) is 5.75 Å². The third-order valence-electron chi connectivity index (χ3n) is 2.35. The minimum Gasteiger partial charge on any atom is -0.453 e. The summed E-state index contributed by atoms with van der Waals surface area (Å²) < 4.78 is 19.6. The number of halogens is 2. The number of nitrogens with zero attached hydrogens (tertiary/aromatic N) is 1. The Morgan fingerprint density at radius 1 is 1.33 bits per heavy atom. The molecule has 1 atom stereocenters. The second-order valence-corrected chi connectivity index (χ2v) is 4.80. The molecule has 0 radical (unpaired) electrons. The first-order valence-electron chi connectivity index (χ1n) is 5.40. The largest absolute Gasteiger partial charge is 0.453 e. The lowest BCUT2D eigenvalue weighted by molar-refractivity contribution is 0.439. The fraction of sp³-hybridized carbons (Fsp3) is 0.154. The van der Waals surface area contributed by atoms with E-state index in [1.54, 1.807) is 24.3 Å². The van der Waals surface area contributed by atoms with Crippen LogP contribution in [0.25, 0.3) is 0 Å². The van der Waals surface area contributed by atoms with Gasteiger partial charge in [0.05, 0.1) is 11.9 Å². The molecule has 0 saturated heterocycles. The molecule has 1 aromatic carbocycles. The van der Waals surface area contributed by atoms with Crippen molar-refractivity contribution in [2.45, 2.75) is 13.0 Å². The maximum Gasteiger partial charge on any atom is 0.166 e. The van der Waals surface area contributed by atoms with Crippen molar-refractivity contribution in [3.05, 3.63) is 52.5 Å². The van der Waals surface area contributed by atoms with Crippen molar-refractivity contribution < 1.29 is 9.13 Å². The molecule has 0 saturated carbocycles. The van der Waals surface area contributed by atoms with Crippen molar-refractivity contribution in [3.8, 4) is 11.5 Å². The zero-order valence-corrected chi connectivity index (χ0v) is 11.3. The van der Waals surface area contributed by atoms with E-state index in [9.17, 15) is 4.39 Å². The topological polar surface area (TPSA) is 48.1 Å². The van der Waals surface area contributed by atoms with Crippen LogP contribution < -0.4 is 10.5 Å². The molecule has 0 amide bonds. The van der Waals surface area contributed by atoms with Gasteiger partial charge in [-0.1, -0.05) is 15.9 Å². The summed E-state index contributed by atoms with van der Waals surface area (Å²) in [5.74, 6) is 0.204. The van der Waals surface area contributed by atoms with Gasteiger partial charge in [0.15, 0.2) is 11.6 Å². The average molecular weight is 311 g/mol. The quantitative estimate of drug-likeness (QED) is 0.938. The molecule has 0 unspecified atom stereocenters. The van der Waals surface area contributed by atoms with E-state index in [2.05, 4.69) is 20.9 Å². The number of aromatic nitrogens is 1. The van der Waals surface area contributed by atoms with Crippen LogP contribution in [0.5, 0.6) is 11.5 Å². The zero-order chi connectivity index (χ0) is 13.1. The van der Waals surface area contributed by atoms with Gasteiger partial charge in [-0.2, -0.15) is 0 Å². The number of hydrogen-bond acceptors (Lipinski definition) is 3. The second-order valence-electron chi connectivity index (χ2n) is 3.88. The van der Waals surface area contributed by atoms with Gasteiger partial charge < -0.3 is 10.5 Å². The van der Waals surface area contributed by atoms with Crippen LogP contribution in [0.15, 0.2) is 41.0 Å². The highest BCUT2D eigenvalue weighted by Gasteiger charge is 2.06. The number of ether oxygens (including phenoxy) is 1. The molecule has 18 heavy (non-hydrogen) atoms. The van der Waals surface area contributed by atoms with Crippen molar-refractivity contribution in [1.82, 2.24) is 4.98 Å². The monoisotopic (exact) mass is 310 g/mol. The highest BCUT2D eigenvalue weighted by molar-refractivity contribution is 9.10. The predicted octanol–water partition coefficient (Wildman–Crippen LogP) is 3.80. The lowest BCUT2D eigenvalue weighted by Crippen LogP contribution is -2.06. The van der Waals surface area contributed by atoms with Crippen molar-refractivity contribution in [2.75, 3.05) is 0 Å². The molecule has 5 heteroatoms. The summed E-state index contributed by atoms with van der Waals surface area (Å²) in [5, 5.41) is 0. The van der Waals surface area contributed by atoms with E-state index in [4.69, 9.17) is 10.5 Å². The van der Waals surface area contributed by atoms with Crippen LogP contribution in [0, 0.1) is 5.82 Å². The summed E-state index contributed by atoms with van der Waals surface area (Å²) >= 11 is 3.19. The van der Waals surface area contributed by atoms with Gasteiger partial charge in [0.2, 0.25) is 0 Å². The summed E-state index contributed by atoms with van der Waals surface area (Å²) in [6.07, 6.45) is 1.53. The van der Waals surface area contributed by atoms with Gasteiger partial charge in [-0.05, 0) is 37.3 Å². The zero-order valence-electron chi connectivity index (χ0n) is 9.73. The maximum absolute atomic E-state index is 13.5. The van der Waals surface area contributed by atoms with E-state index in [0.717, 1.165) is 5.69 Å². The molecule has 3 nitrogen and oxygen atoms in total. The molecular weight excluding hydrogens is 299 g/mol. The summed E-state index contributed by atoms with van der Waals surface area (Å²) in [6, 6.07) is 7.95. The molecule has 0 aliphatic rings. The number of nitrogens with two attached hydrogens (primary N) is 1. The van der Waals surface area contributed by atoms with Crippen LogP contribution in [-0.4, -0.2) is 4.98 Å². The van der Waals surface area contributed by atoms with Gasteiger partial charge in [0, 0.05) is 10.5 Å². The summed E-state index contributed by atoms with van der Waals surface area (Å²) in [6.45, 7) is 1.84. The van der Waals surface area contributed by atoms with Crippen molar-refractivity contribution in [2.24, 2.45) is 5.73 Å². The Hall–Kier alpha value is -1.46. The molecule has 0 aliphatic carbocycles. The van der Waals surface area contributed by atoms with Gasteiger partial charge >= 0.3 is 0 Å². The van der Waals surface area contributed by atoms with E-state index in [1.165, 1.54) is 12.3 Å². The first kappa shape index (κ1) is 13.0. The molecule has 1 aromatic heterocycles. The molecule has 2 N–H and O–H groups in total. The smallest absolute Gasteiger partial charge is 0.166 e. The minimum atomic E-state index is -0.430. The van der Waals surface area contributed by atoms with Crippen LogP contribution >= 0.6 is 15.9 Å². The first-order chi connectivity index (χ1) is 8.56. The summed E-state index contributed by atoms with van der Waals surface area (Å²) in [7, 11) is 0. The number of benzene rings is 1. The fourth-order valence-electron chi connectivity index (χ4n) is 1.41. The third-order valence-corrected chi connectivity index (χ3v) is 2.84. The first-order valence-corrected chi connectivity index (χ1v) is 6.20. The summed E-state index contributed by atoms with van der Waals surface area (Å²) in [5.41, 5.74) is 6.45. The molecule has 0 fully saturated rings. The van der Waals surface area contributed by atoms with E-state index in [0.29, 0.717) is 10.2 Å². The minimum absolute atomic E-state index is 0.136. The molecule has 2 aromatic rings. The lowest BCUT2D eigenvalue weighted by atomic mass is 10.2. The van der Waals surface area contributed by atoms with E-state index in [1.807, 2.05) is 6.92 Å². The normalized spacial score (nSPS) is 12.2. The Labute approximate surface area is 113 Å². The molecule has 0 spiro atoms. The Morgan fingerprint density at radius 2 is 2.11 bits per heavy atom. The number of hydrogen-bond donors (Lipinski definition) is 1. The molecular formula is C13H12BrFN2O. The highest BCUT2D eigenvalue weighted by atomic mass is 79.9. The Balaban J connectivity index is 2.18. The van der Waals surface area contributed by atoms with Crippen LogP contribution in [0.3, 0.4) is 0 Å². The molecule has 0 aliphatic heterocycles. The molecule has 0 bridgehead atoms. The lowest BCUT2D eigenvalue weighted by Gasteiger charge is -2.08. The Morgan fingerprint density at radius 3 is 2.67 bits per heavy atom. The van der Waals surface area contributed by atoms with Gasteiger partial charge in [-0.15, -0.1) is 0 Å².